The smallest absolute Gasteiger partial charge is 0.416 e. The summed E-state index contributed by atoms with van der Waals surface area (Å²) in [6.45, 7) is 3.03. The highest BCUT2D eigenvalue weighted by Gasteiger charge is 2.43. The van der Waals surface area contributed by atoms with Crippen molar-refractivity contribution in [2.24, 2.45) is 0 Å². The van der Waals surface area contributed by atoms with Crippen LogP contribution in [-0.4, -0.2) is 58.4 Å². The van der Waals surface area contributed by atoms with E-state index in [1.54, 1.807) is 36.7 Å². The van der Waals surface area contributed by atoms with E-state index in [1.165, 1.54) is 44.0 Å². The van der Waals surface area contributed by atoms with E-state index >= 15 is 0 Å². The van der Waals surface area contributed by atoms with Gasteiger partial charge in [0.15, 0.2) is 5.16 Å². The number of carbonyl (C=O) groups is 2. The second kappa shape index (κ2) is 13.6. The number of cyclic esters (lactones) is 1. The highest BCUT2D eigenvalue weighted by molar-refractivity contribution is 7.98. The van der Waals surface area contributed by atoms with E-state index in [9.17, 15) is 35.9 Å². The van der Waals surface area contributed by atoms with E-state index in [2.05, 4.69) is 15.0 Å². The van der Waals surface area contributed by atoms with Gasteiger partial charge in [0, 0.05) is 29.1 Å². The number of aromatic nitrogens is 3. The molecular formula is C33H28F6N4O5S. The summed E-state index contributed by atoms with van der Waals surface area (Å²) in [7, 11) is 2.69. The molecule has 0 N–H and O–H groups in total. The van der Waals surface area contributed by atoms with Gasteiger partial charge in [0.25, 0.3) is 0 Å². The number of pyridine rings is 1. The van der Waals surface area contributed by atoms with Crippen molar-refractivity contribution in [1.82, 2.24) is 19.9 Å². The van der Waals surface area contributed by atoms with E-state index in [4.69, 9.17) is 14.2 Å². The lowest BCUT2D eigenvalue weighted by Crippen LogP contribution is -2.32. The second-order valence-electron chi connectivity index (χ2n) is 11.0. The van der Waals surface area contributed by atoms with Gasteiger partial charge in [-0.15, -0.1) is 0 Å². The van der Waals surface area contributed by atoms with Crippen LogP contribution in [0, 0.1) is 6.92 Å². The molecule has 1 aliphatic heterocycles. The maximum Gasteiger partial charge on any atom is 0.416 e. The molecule has 16 heteroatoms. The van der Waals surface area contributed by atoms with Gasteiger partial charge in [0.1, 0.15) is 6.10 Å². The topological polar surface area (TPSA) is 104 Å². The van der Waals surface area contributed by atoms with Gasteiger partial charge in [-0.25, -0.2) is 24.5 Å². The average molecular weight is 707 g/mol. The Morgan fingerprint density at radius 1 is 0.939 bits per heavy atom. The molecule has 2 aromatic heterocycles. The number of amides is 1. The average Bonchev–Trinajstić information content (AvgIpc) is 3.35. The fraction of sp³-hybridized carbons (Fsp3) is 0.303. The number of carbonyl (C=O) groups excluding carboxylic acids is 2. The van der Waals surface area contributed by atoms with Crippen molar-refractivity contribution < 1.29 is 50.1 Å². The summed E-state index contributed by atoms with van der Waals surface area (Å²) < 4.78 is 97.3. The summed E-state index contributed by atoms with van der Waals surface area (Å²) in [4.78, 5) is 39.8. The minimum Gasteiger partial charge on any atom is -0.481 e. The van der Waals surface area contributed by atoms with Crippen LogP contribution in [0.25, 0.3) is 22.3 Å². The summed E-state index contributed by atoms with van der Waals surface area (Å²) in [5.41, 5.74) is 0.126. The maximum absolute atomic E-state index is 13.6. The zero-order valence-electron chi connectivity index (χ0n) is 26.6. The minimum atomic E-state index is -5.07. The van der Waals surface area contributed by atoms with Crippen molar-refractivity contribution >= 4 is 23.8 Å². The van der Waals surface area contributed by atoms with Crippen LogP contribution in [0.2, 0.25) is 0 Å². The lowest BCUT2D eigenvalue weighted by Gasteiger charge is -2.23. The maximum atomic E-state index is 13.6. The molecule has 0 aliphatic carbocycles. The van der Waals surface area contributed by atoms with Crippen molar-refractivity contribution in [1.29, 1.82) is 0 Å². The van der Waals surface area contributed by atoms with Crippen LogP contribution in [0.4, 0.5) is 31.1 Å². The number of ether oxygens (including phenoxy) is 3. The van der Waals surface area contributed by atoms with Gasteiger partial charge < -0.3 is 14.2 Å². The van der Waals surface area contributed by atoms with E-state index < -0.39 is 53.3 Å². The van der Waals surface area contributed by atoms with E-state index in [1.807, 2.05) is 6.92 Å². The highest BCUT2D eigenvalue weighted by atomic mass is 32.2. The van der Waals surface area contributed by atoms with Gasteiger partial charge >= 0.3 is 24.4 Å². The van der Waals surface area contributed by atoms with E-state index in [-0.39, 0.29) is 18.5 Å². The Hall–Kier alpha value is -4.86. The predicted molar refractivity (Wildman–Crippen MR) is 166 cm³/mol. The van der Waals surface area contributed by atoms with Crippen LogP contribution in [-0.2, 0) is 28.4 Å². The second-order valence-corrected chi connectivity index (χ2v) is 11.8. The van der Waals surface area contributed by atoms with Crippen molar-refractivity contribution in [2.45, 2.75) is 50.0 Å². The number of aryl methyl sites for hydroxylation is 1. The molecule has 4 aromatic rings. The number of benzene rings is 2. The third-order valence-electron chi connectivity index (χ3n) is 7.97. The lowest BCUT2D eigenvalue weighted by atomic mass is 9.96. The van der Waals surface area contributed by atoms with Crippen molar-refractivity contribution in [3.05, 3.63) is 88.4 Å². The minimum absolute atomic E-state index is 0.0182. The molecule has 1 amide bonds. The Bertz CT molecular complexity index is 1890. The highest BCUT2D eigenvalue weighted by Crippen LogP contribution is 2.42. The van der Waals surface area contributed by atoms with Crippen LogP contribution in [0.1, 0.15) is 51.3 Å². The molecule has 0 radical (unpaired) electrons. The molecule has 49 heavy (non-hydrogen) atoms. The van der Waals surface area contributed by atoms with Crippen molar-refractivity contribution in [2.75, 3.05) is 20.5 Å². The largest absolute Gasteiger partial charge is 0.481 e. The van der Waals surface area contributed by atoms with Crippen LogP contribution in [0.3, 0.4) is 0 Å². The number of rotatable bonds is 8. The fourth-order valence-electron chi connectivity index (χ4n) is 5.49. The first-order chi connectivity index (χ1) is 23.0. The molecule has 1 fully saturated rings. The molecule has 2 unspecified atom stereocenters. The molecule has 1 aliphatic rings. The number of thioether (sulfide) groups is 1. The molecule has 0 saturated carbocycles. The first-order valence-corrected chi connectivity index (χ1v) is 15.7. The Balaban J connectivity index is 1.55. The SMILES string of the molecule is COC(=O)c1ccc(-c2cnc(OC)c(-c3cnc(SC)nc3CN3C(=O)OC(c4cc(C(F)(F)F)cc(C(F)(F)F)c4)C3C)c2)c(C)c1. The van der Waals surface area contributed by atoms with Crippen LogP contribution >= 0.6 is 11.8 Å². The summed E-state index contributed by atoms with van der Waals surface area (Å²) >= 11 is 1.21. The fourth-order valence-corrected chi connectivity index (χ4v) is 5.85. The standard InChI is InChI=1S/C33H28F6N4O5S/c1-16-8-18(29(44)47-4)6-7-23(16)20-11-24(28(46-3)40-13-20)25-14-41-30(49-5)42-26(25)15-43-17(2)27(48-31(43)45)19-9-21(32(34,35)36)12-22(10-19)33(37,38)39/h6-14,17,27H,15H2,1-5H3. The third-order valence-corrected chi connectivity index (χ3v) is 8.53. The van der Waals surface area contributed by atoms with Gasteiger partial charge in [-0.2, -0.15) is 26.3 Å². The molecule has 2 aromatic carbocycles. The third kappa shape index (κ3) is 7.28. The number of methoxy groups -OCH3 is 2. The van der Waals surface area contributed by atoms with Gasteiger partial charge in [-0.3, -0.25) is 4.90 Å². The Kier molecular flexibility index (Phi) is 9.82. The number of hydrogen-bond acceptors (Lipinski definition) is 9. The first kappa shape index (κ1) is 35.4. The van der Waals surface area contributed by atoms with Crippen molar-refractivity contribution in [3.63, 3.8) is 0 Å². The molecule has 0 bridgehead atoms. The summed E-state index contributed by atoms with van der Waals surface area (Å²) in [6.07, 6.45) is -7.73. The van der Waals surface area contributed by atoms with E-state index in [0.717, 1.165) is 11.1 Å². The molecule has 0 spiro atoms. The van der Waals surface area contributed by atoms with Gasteiger partial charge in [0.05, 0.1) is 49.2 Å². The van der Waals surface area contributed by atoms with Gasteiger partial charge in [-0.05, 0) is 73.2 Å². The molecule has 1 saturated heterocycles. The first-order valence-electron chi connectivity index (χ1n) is 14.5. The molecule has 5 rings (SSSR count). The number of alkyl halides is 6. The zero-order chi connectivity index (χ0) is 35.8. The normalized spacial score (nSPS) is 16.5. The summed E-state index contributed by atoms with van der Waals surface area (Å²) in [5, 5.41) is 0.334. The molecule has 3 heterocycles. The van der Waals surface area contributed by atoms with Crippen LogP contribution < -0.4 is 4.74 Å². The zero-order valence-corrected chi connectivity index (χ0v) is 27.4. The van der Waals surface area contributed by atoms with Gasteiger partial charge in [0.2, 0.25) is 5.88 Å². The number of hydrogen-bond donors (Lipinski definition) is 0. The Morgan fingerprint density at radius 2 is 1.61 bits per heavy atom. The summed E-state index contributed by atoms with van der Waals surface area (Å²) in [5.74, 6) is -0.308. The van der Waals surface area contributed by atoms with Crippen LogP contribution in [0.5, 0.6) is 5.88 Å². The van der Waals surface area contributed by atoms with Crippen LogP contribution in [0.15, 0.2) is 60.0 Å². The molecule has 258 valence electrons. The van der Waals surface area contributed by atoms with Crippen molar-refractivity contribution in [3.8, 4) is 28.1 Å². The quantitative estimate of drug-likeness (QED) is 0.0777. The molecule has 2 atom stereocenters. The summed E-state index contributed by atoms with van der Waals surface area (Å²) in [6, 6.07) is 6.91. The molecular weight excluding hydrogens is 678 g/mol. The monoisotopic (exact) mass is 706 g/mol. The lowest BCUT2D eigenvalue weighted by molar-refractivity contribution is -0.143. The van der Waals surface area contributed by atoms with Gasteiger partial charge in [-0.1, -0.05) is 17.8 Å². The number of esters is 1. The molecule has 9 nitrogen and oxygen atoms in total. The van der Waals surface area contributed by atoms with E-state index in [0.29, 0.717) is 45.2 Å². The number of nitrogens with zero attached hydrogens (tertiary/aromatic N) is 4. The number of halogens is 6. The Morgan fingerprint density at radius 3 is 2.18 bits per heavy atom. The predicted octanol–water partition coefficient (Wildman–Crippen LogP) is 8.15. The Labute approximate surface area is 280 Å².